The summed E-state index contributed by atoms with van der Waals surface area (Å²) in [6, 6.07) is 17.0. The molecule has 0 bridgehead atoms. The van der Waals surface area contributed by atoms with Crippen molar-refractivity contribution in [3.8, 4) is 5.75 Å². The molecule has 194 valence electrons. The van der Waals surface area contributed by atoms with Crippen LogP contribution in [0.25, 0.3) is 35.1 Å². The van der Waals surface area contributed by atoms with Gasteiger partial charge in [-0.05, 0) is 76.4 Å². The maximum atomic E-state index is 9.91. The zero-order valence-corrected chi connectivity index (χ0v) is 24.3. The van der Waals surface area contributed by atoms with E-state index >= 15 is 0 Å². The fourth-order valence-electron chi connectivity index (χ4n) is 3.96. The second kappa shape index (κ2) is 14.5. The number of phenolic OH excluding ortho intramolecular Hbond substituents is 1. The highest BCUT2D eigenvalue weighted by Gasteiger charge is 2.22. The summed E-state index contributed by atoms with van der Waals surface area (Å²) in [7, 11) is 0. The van der Waals surface area contributed by atoms with E-state index in [2.05, 4.69) is 104 Å². The zero-order chi connectivity index (χ0) is 27.5. The van der Waals surface area contributed by atoms with E-state index in [1.165, 1.54) is 16.3 Å². The second-order valence-electron chi connectivity index (χ2n) is 10.9. The van der Waals surface area contributed by atoms with E-state index in [4.69, 9.17) is 0 Å². The molecule has 0 amide bonds. The van der Waals surface area contributed by atoms with Gasteiger partial charge in [0.25, 0.3) is 0 Å². The number of rotatable bonds is 3. The summed E-state index contributed by atoms with van der Waals surface area (Å²) in [5.74, 6) is 1.68. The van der Waals surface area contributed by atoms with Gasteiger partial charge in [-0.25, -0.2) is 0 Å². The van der Waals surface area contributed by atoms with Crippen molar-refractivity contribution in [1.29, 1.82) is 0 Å². The van der Waals surface area contributed by atoms with Crippen LogP contribution in [0.4, 0.5) is 0 Å². The molecule has 0 saturated carbocycles. The normalized spacial score (nSPS) is 13.3. The Morgan fingerprint density at radius 2 is 1.42 bits per heavy atom. The Kier molecular flexibility index (Phi) is 12.5. The van der Waals surface area contributed by atoms with Crippen molar-refractivity contribution in [2.75, 3.05) is 0 Å². The number of phenols is 1. The SMILES string of the molecule is C=Cc1c(O)cc(=C/C)/c(=C\C)c1/C=C\C.CC(C)C.CC(c1cccc2ccccc12)C(C)(C)C. The molecule has 1 heteroatoms. The minimum Gasteiger partial charge on any atom is -0.507 e. The highest BCUT2D eigenvalue weighted by molar-refractivity contribution is 5.86. The van der Waals surface area contributed by atoms with Gasteiger partial charge < -0.3 is 5.11 Å². The van der Waals surface area contributed by atoms with Crippen molar-refractivity contribution in [3.05, 3.63) is 88.3 Å². The molecule has 1 nitrogen and oxygen atoms in total. The predicted molar refractivity (Wildman–Crippen MR) is 165 cm³/mol. The molecule has 3 aromatic rings. The third-order valence-electron chi connectivity index (χ3n) is 6.19. The predicted octanol–water partition coefficient (Wildman–Crippen LogP) is 9.32. The van der Waals surface area contributed by atoms with E-state index in [0.717, 1.165) is 27.5 Å². The molecule has 0 radical (unpaired) electrons. The standard InChI is InChI=1S/C16H20.C15H18O.C4H10/c1-12(16(2,3)4)14-11-7-9-13-8-5-6-10-15(13)14;1-5-9-14-12(7-3)11(6-2)10-15(16)13(14)8-4;1-4(2)3/h5-12H,1-4H3;5-10,16H,4H2,1-3H3;4H,1-3H3/b;9-5-,11-6-,12-7+;. The van der Waals surface area contributed by atoms with Gasteiger partial charge in [-0.3, -0.25) is 0 Å². The van der Waals surface area contributed by atoms with Crippen LogP contribution in [0.5, 0.6) is 5.75 Å². The highest BCUT2D eigenvalue weighted by Crippen LogP contribution is 2.37. The van der Waals surface area contributed by atoms with Gasteiger partial charge in [0.1, 0.15) is 5.75 Å². The summed E-state index contributed by atoms with van der Waals surface area (Å²) in [4.78, 5) is 0. The zero-order valence-electron chi connectivity index (χ0n) is 24.3. The van der Waals surface area contributed by atoms with Gasteiger partial charge in [0, 0.05) is 5.56 Å². The fourth-order valence-corrected chi connectivity index (χ4v) is 3.96. The molecular weight excluding hydrogens is 436 g/mol. The van der Waals surface area contributed by atoms with Crippen molar-refractivity contribution in [3.63, 3.8) is 0 Å². The molecule has 0 aromatic heterocycles. The molecule has 3 rings (SSSR count). The molecule has 0 aliphatic rings. The van der Waals surface area contributed by atoms with Gasteiger partial charge in [-0.2, -0.15) is 0 Å². The molecule has 3 aromatic carbocycles. The smallest absolute Gasteiger partial charge is 0.124 e. The van der Waals surface area contributed by atoms with Gasteiger partial charge in [0.15, 0.2) is 0 Å². The highest BCUT2D eigenvalue weighted by atomic mass is 16.3. The largest absolute Gasteiger partial charge is 0.507 e. The molecule has 36 heavy (non-hydrogen) atoms. The lowest BCUT2D eigenvalue weighted by Gasteiger charge is -2.28. The fraction of sp³-hybridized carbons (Fsp3) is 0.371. The summed E-state index contributed by atoms with van der Waals surface area (Å²) in [5.41, 5.74) is 3.58. The third kappa shape index (κ3) is 8.55. The Hall–Kier alpha value is -3.06. The first-order chi connectivity index (χ1) is 16.9. The molecule has 0 heterocycles. The maximum absolute atomic E-state index is 9.91. The lowest BCUT2D eigenvalue weighted by atomic mass is 9.76. The van der Waals surface area contributed by atoms with Crippen molar-refractivity contribution in [2.24, 2.45) is 11.3 Å². The van der Waals surface area contributed by atoms with Crippen LogP contribution in [0, 0.1) is 11.3 Å². The third-order valence-corrected chi connectivity index (χ3v) is 6.19. The van der Waals surface area contributed by atoms with E-state index in [0.29, 0.717) is 11.3 Å². The van der Waals surface area contributed by atoms with E-state index in [1.54, 1.807) is 12.1 Å². The van der Waals surface area contributed by atoms with Crippen molar-refractivity contribution >= 4 is 35.1 Å². The first kappa shape index (κ1) is 31.0. The first-order valence-corrected chi connectivity index (χ1v) is 13.1. The van der Waals surface area contributed by atoms with Crippen molar-refractivity contribution in [1.82, 2.24) is 0 Å². The summed E-state index contributed by atoms with van der Waals surface area (Å²) >= 11 is 0. The molecule has 0 aliphatic heterocycles. The molecular formula is C35H48O. The van der Waals surface area contributed by atoms with Crippen LogP contribution in [-0.4, -0.2) is 5.11 Å². The first-order valence-electron chi connectivity index (χ1n) is 13.1. The van der Waals surface area contributed by atoms with E-state index in [1.807, 2.05) is 39.0 Å². The van der Waals surface area contributed by atoms with Gasteiger partial charge >= 0.3 is 0 Å². The number of fused-ring (bicyclic) bond motifs is 1. The molecule has 0 fully saturated rings. The van der Waals surface area contributed by atoms with Crippen molar-refractivity contribution in [2.45, 2.75) is 75.2 Å². The number of benzene rings is 3. The lowest BCUT2D eigenvalue weighted by Crippen LogP contribution is -2.27. The average Bonchev–Trinajstić information content (AvgIpc) is 2.82. The maximum Gasteiger partial charge on any atom is 0.124 e. The summed E-state index contributed by atoms with van der Waals surface area (Å²) in [6.07, 6.45) is 9.70. The molecule has 1 N–H and O–H groups in total. The Labute approximate surface area is 220 Å². The van der Waals surface area contributed by atoms with Crippen LogP contribution in [0.2, 0.25) is 0 Å². The van der Waals surface area contributed by atoms with Crippen LogP contribution in [0.1, 0.15) is 91.8 Å². The summed E-state index contributed by atoms with van der Waals surface area (Å²) < 4.78 is 0. The second-order valence-corrected chi connectivity index (χ2v) is 10.9. The van der Waals surface area contributed by atoms with Gasteiger partial charge in [-0.15, -0.1) is 0 Å². The molecule has 1 atom stereocenters. The number of hydrogen-bond acceptors (Lipinski definition) is 1. The van der Waals surface area contributed by atoms with Gasteiger partial charge in [-0.1, -0.05) is 128 Å². The van der Waals surface area contributed by atoms with Crippen LogP contribution < -0.4 is 10.4 Å². The number of hydrogen-bond donors (Lipinski definition) is 1. The monoisotopic (exact) mass is 484 g/mol. The number of allylic oxidation sites excluding steroid dienone is 1. The molecule has 0 spiro atoms. The topological polar surface area (TPSA) is 20.2 Å². The van der Waals surface area contributed by atoms with Crippen LogP contribution in [0.15, 0.2) is 61.2 Å². The van der Waals surface area contributed by atoms with Crippen LogP contribution in [-0.2, 0) is 0 Å². The van der Waals surface area contributed by atoms with E-state index < -0.39 is 0 Å². The molecule has 0 aliphatic carbocycles. The Morgan fingerprint density at radius 1 is 0.833 bits per heavy atom. The van der Waals surface area contributed by atoms with E-state index in [9.17, 15) is 5.11 Å². The van der Waals surface area contributed by atoms with Crippen LogP contribution >= 0.6 is 0 Å². The number of aromatic hydroxyl groups is 1. The van der Waals surface area contributed by atoms with E-state index in [-0.39, 0.29) is 5.75 Å². The minimum atomic E-state index is 0.279. The average molecular weight is 485 g/mol. The lowest BCUT2D eigenvalue weighted by molar-refractivity contribution is 0.341. The van der Waals surface area contributed by atoms with Crippen molar-refractivity contribution < 1.29 is 5.11 Å². The minimum absolute atomic E-state index is 0.279. The van der Waals surface area contributed by atoms with Gasteiger partial charge in [0.05, 0.1) is 0 Å². The summed E-state index contributed by atoms with van der Waals surface area (Å²) in [5, 5.41) is 14.8. The summed E-state index contributed by atoms with van der Waals surface area (Å²) in [6.45, 7) is 25.4. The Morgan fingerprint density at radius 3 is 1.92 bits per heavy atom. The Bertz CT molecular complexity index is 1260. The quantitative estimate of drug-likeness (QED) is 0.392. The molecule has 0 saturated heterocycles. The molecule has 1 unspecified atom stereocenters. The van der Waals surface area contributed by atoms with Gasteiger partial charge in [0.2, 0.25) is 0 Å². The van der Waals surface area contributed by atoms with Crippen LogP contribution in [0.3, 0.4) is 0 Å². The Balaban J connectivity index is 0.000000314.